The first-order chi connectivity index (χ1) is 12.2. The van der Waals surface area contributed by atoms with Gasteiger partial charge in [-0.25, -0.2) is 4.79 Å². The molecular formula is C18H20N2O5. The molecule has 3 rings (SSSR count). The number of carbonyl (C=O) groups is 1. The number of para-hydroxylation sites is 1. The molecule has 0 aromatic heterocycles. The van der Waals surface area contributed by atoms with E-state index in [1.807, 2.05) is 0 Å². The number of aromatic hydroxyl groups is 1. The van der Waals surface area contributed by atoms with E-state index in [0.29, 0.717) is 49.1 Å². The van der Waals surface area contributed by atoms with Crippen LogP contribution in [0.3, 0.4) is 0 Å². The number of methoxy groups -OCH3 is 1. The summed E-state index contributed by atoms with van der Waals surface area (Å²) in [5, 5.41) is 15.1. The first kappa shape index (κ1) is 16.8. The molecular weight excluding hydrogens is 324 g/mol. The Kier molecular flexibility index (Phi) is 5.13. The zero-order valence-electron chi connectivity index (χ0n) is 13.9. The van der Waals surface area contributed by atoms with Crippen LogP contribution in [0.15, 0.2) is 36.4 Å². The van der Waals surface area contributed by atoms with Crippen molar-refractivity contribution in [2.24, 2.45) is 0 Å². The minimum absolute atomic E-state index is 0.0908. The summed E-state index contributed by atoms with van der Waals surface area (Å²) in [6, 6.07) is 10.1. The number of nitrogens with one attached hydrogen (secondary N) is 2. The van der Waals surface area contributed by atoms with Gasteiger partial charge in [-0.2, -0.15) is 0 Å². The Balaban J connectivity index is 1.54. The Morgan fingerprint density at radius 3 is 2.92 bits per heavy atom. The fourth-order valence-electron chi connectivity index (χ4n) is 2.54. The van der Waals surface area contributed by atoms with Crippen LogP contribution in [-0.4, -0.2) is 38.0 Å². The molecule has 0 saturated carbocycles. The largest absolute Gasteiger partial charge is 0.504 e. The van der Waals surface area contributed by atoms with E-state index in [1.54, 1.807) is 36.4 Å². The maximum Gasteiger partial charge on any atom is 0.319 e. The lowest BCUT2D eigenvalue weighted by Gasteiger charge is -2.21. The predicted molar refractivity (Wildman–Crippen MR) is 92.8 cm³/mol. The second-order valence-electron chi connectivity index (χ2n) is 5.47. The fourth-order valence-corrected chi connectivity index (χ4v) is 2.54. The van der Waals surface area contributed by atoms with Crippen LogP contribution < -0.4 is 24.8 Å². The average molecular weight is 344 g/mol. The number of amides is 2. The third-order valence-electron chi connectivity index (χ3n) is 3.76. The normalized spacial score (nSPS) is 12.4. The highest BCUT2D eigenvalue weighted by atomic mass is 16.6. The third kappa shape index (κ3) is 4.06. The third-order valence-corrected chi connectivity index (χ3v) is 3.76. The number of hydrogen-bond acceptors (Lipinski definition) is 5. The second kappa shape index (κ2) is 7.65. The van der Waals surface area contributed by atoms with Crippen molar-refractivity contribution >= 4 is 11.7 Å². The van der Waals surface area contributed by atoms with Gasteiger partial charge >= 0.3 is 6.03 Å². The van der Waals surface area contributed by atoms with Crippen molar-refractivity contribution in [3.05, 3.63) is 42.0 Å². The summed E-state index contributed by atoms with van der Waals surface area (Å²) >= 11 is 0. The van der Waals surface area contributed by atoms with Crippen LogP contribution in [0.2, 0.25) is 0 Å². The van der Waals surface area contributed by atoms with Crippen LogP contribution in [0.5, 0.6) is 23.0 Å². The highest BCUT2D eigenvalue weighted by Crippen LogP contribution is 2.37. The van der Waals surface area contributed by atoms with Gasteiger partial charge in [0.2, 0.25) is 0 Å². The molecule has 1 aliphatic heterocycles. The van der Waals surface area contributed by atoms with E-state index in [-0.39, 0.29) is 11.8 Å². The molecule has 0 saturated heterocycles. The number of phenolic OH excluding ortho intramolecular Hbond substituents is 1. The molecule has 3 N–H and O–H groups in total. The maximum atomic E-state index is 12.1. The molecule has 7 nitrogen and oxygen atoms in total. The Morgan fingerprint density at radius 2 is 2.08 bits per heavy atom. The van der Waals surface area contributed by atoms with Crippen LogP contribution >= 0.6 is 0 Å². The molecule has 1 aliphatic rings. The van der Waals surface area contributed by atoms with Gasteiger partial charge in [0.05, 0.1) is 12.8 Å². The summed E-state index contributed by atoms with van der Waals surface area (Å²) in [5.74, 6) is 1.68. The number of benzene rings is 2. The summed E-state index contributed by atoms with van der Waals surface area (Å²) in [5.41, 5.74) is 1.52. The number of rotatable bonds is 5. The predicted octanol–water partition coefficient (Wildman–Crippen LogP) is 2.54. The Hall–Kier alpha value is -3.09. The van der Waals surface area contributed by atoms with Crippen molar-refractivity contribution in [3.63, 3.8) is 0 Å². The van der Waals surface area contributed by atoms with Gasteiger partial charge in [0.1, 0.15) is 13.2 Å². The second-order valence-corrected chi connectivity index (χ2v) is 5.47. The van der Waals surface area contributed by atoms with Gasteiger partial charge < -0.3 is 30.0 Å². The van der Waals surface area contributed by atoms with Gasteiger partial charge in [0, 0.05) is 6.54 Å². The first-order valence-electron chi connectivity index (χ1n) is 7.96. The summed E-state index contributed by atoms with van der Waals surface area (Å²) < 4.78 is 16.1. The van der Waals surface area contributed by atoms with E-state index in [1.165, 1.54) is 7.11 Å². The molecule has 132 valence electrons. The minimum Gasteiger partial charge on any atom is -0.504 e. The van der Waals surface area contributed by atoms with Gasteiger partial charge in [-0.3, -0.25) is 0 Å². The van der Waals surface area contributed by atoms with Crippen LogP contribution in [0.25, 0.3) is 0 Å². The van der Waals surface area contributed by atoms with Crippen LogP contribution in [0, 0.1) is 0 Å². The van der Waals surface area contributed by atoms with Crippen LogP contribution in [0.1, 0.15) is 5.56 Å². The van der Waals surface area contributed by atoms with Crippen LogP contribution in [0.4, 0.5) is 10.5 Å². The van der Waals surface area contributed by atoms with Crippen molar-refractivity contribution in [1.82, 2.24) is 5.32 Å². The van der Waals surface area contributed by atoms with Gasteiger partial charge in [0.25, 0.3) is 0 Å². The zero-order chi connectivity index (χ0) is 17.6. The standard InChI is InChI=1S/C18H20N2O5/c1-23-16-11-12(5-6-14(16)21)7-8-19-18(22)20-13-3-2-4-15-17(13)25-10-9-24-15/h2-6,11,21H,7-10H2,1H3,(H2,19,20,22). The van der Waals surface area contributed by atoms with Crippen molar-refractivity contribution in [1.29, 1.82) is 0 Å². The van der Waals surface area contributed by atoms with Crippen LogP contribution in [-0.2, 0) is 6.42 Å². The van der Waals surface area contributed by atoms with E-state index >= 15 is 0 Å². The molecule has 0 radical (unpaired) electrons. The molecule has 0 bridgehead atoms. The molecule has 0 aliphatic carbocycles. The van der Waals surface area contributed by atoms with E-state index in [4.69, 9.17) is 14.2 Å². The highest BCUT2D eigenvalue weighted by Gasteiger charge is 2.16. The Morgan fingerprint density at radius 1 is 1.24 bits per heavy atom. The number of anilines is 1. The van der Waals surface area contributed by atoms with E-state index < -0.39 is 0 Å². The number of phenols is 1. The number of carbonyl (C=O) groups excluding carboxylic acids is 1. The molecule has 0 spiro atoms. The Bertz CT molecular complexity index is 763. The quantitative estimate of drug-likeness (QED) is 0.776. The van der Waals surface area contributed by atoms with Gasteiger partial charge in [-0.05, 0) is 36.2 Å². The van der Waals surface area contributed by atoms with Gasteiger partial charge in [-0.1, -0.05) is 12.1 Å². The van der Waals surface area contributed by atoms with Gasteiger partial charge in [0.15, 0.2) is 23.0 Å². The van der Waals surface area contributed by atoms with E-state index in [0.717, 1.165) is 5.56 Å². The van der Waals surface area contributed by atoms with Crippen molar-refractivity contribution in [2.75, 3.05) is 32.2 Å². The summed E-state index contributed by atoms with van der Waals surface area (Å²) in [4.78, 5) is 12.1. The number of urea groups is 1. The van der Waals surface area contributed by atoms with Crippen molar-refractivity contribution in [2.45, 2.75) is 6.42 Å². The zero-order valence-corrected chi connectivity index (χ0v) is 13.9. The molecule has 7 heteroatoms. The van der Waals surface area contributed by atoms with Crippen molar-refractivity contribution < 1.29 is 24.1 Å². The lowest BCUT2D eigenvalue weighted by molar-refractivity contribution is 0.172. The minimum atomic E-state index is -0.326. The lowest BCUT2D eigenvalue weighted by Crippen LogP contribution is -2.31. The smallest absolute Gasteiger partial charge is 0.319 e. The highest BCUT2D eigenvalue weighted by molar-refractivity contribution is 5.91. The topological polar surface area (TPSA) is 89.1 Å². The summed E-state index contributed by atoms with van der Waals surface area (Å²) in [6.45, 7) is 1.39. The SMILES string of the molecule is COc1cc(CCNC(=O)Nc2cccc3c2OCCO3)ccc1O. The lowest BCUT2D eigenvalue weighted by atomic mass is 10.1. The van der Waals surface area contributed by atoms with E-state index in [2.05, 4.69) is 10.6 Å². The first-order valence-corrected chi connectivity index (χ1v) is 7.96. The molecule has 0 fully saturated rings. The molecule has 0 atom stereocenters. The number of ether oxygens (including phenoxy) is 3. The fraction of sp³-hybridized carbons (Fsp3) is 0.278. The molecule has 2 aromatic rings. The molecule has 2 aromatic carbocycles. The molecule has 1 heterocycles. The van der Waals surface area contributed by atoms with Crippen molar-refractivity contribution in [3.8, 4) is 23.0 Å². The maximum absolute atomic E-state index is 12.1. The monoisotopic (exact) mass is 344 g/mol. The van der Waals surface area contributed by atoms with Gasteiger partial charge in [-0.15, -0.1) is 0 Å². The van der Waals surface area contributed by atoms with E-state index in [9.17, 15) is 9.90 Å². The molecule has 25 heavy (non-hydrogen) atoms. The Labute approximate surface area is 145 Å². The summed E-state index contributed by atoms with van der Waals surface area (Å²) in [7, 11) is 1.50. The number of hydrogen-bond donors (Lipinski definition) is 3. The molecule has 0 unspecified atom stereocenters. The summed E-state index contributed by atoms with van der Waals surface area (Å²) in [6.07, 6.45) is 0.608. The average Bonchev–Trinajstić information content (AvgIpc) is 2.63. The molecule has 2 amide bonds. The number of fused-ring (bicyclic) bond motifs is 1.